The molecule has 0 amide bonds. The van der Waals surface area contributed by atoms with Crippen LogP contribution in [0.2, 0.25) is 0 Å². The minimum Gasteiger partial charge on any atom is -0.780 e. The van der Waals surface area contributed by atoms with Crippen LogP contribution < -0.4 is 81.0 Å². The van der Waals surface area contributed by atoms with Crippen molar-refractivity contribution in [2.24, 2.45) is 0 Å². The predicted octanol–water partition coefficient (Wildman–Crippen LogP) is -2.27. The highest BCUT2D eigenvalue weighted by atomic mass is 32.7. The number of H-pyrrole nitrogens is 4. The van der Waals surface area contributed by atoms with Crippen molar-refractivity contribution in [3.05, 3.63) is 124 Å². The molecule has 6 aliphatic heterocycles. The summed E-state index contributed by atoms with van der Waals surface area (Å²) in [5, 5.41) is 0. The minimum absolute atomic E-state index is 0.000309. The third-order valence-corrected chi connectivity index (χ3v) is 30.6. The lowest BCUT2D eigenvalue weighted by Crippen LogP contribution is -2.34. The lowest BCUT2D eigenvalue weighted by molar-refractivity contribution is -0.220. The zero-order chi connectivity index (χ0) is 91.2. The Hall–Kier alpha value is -6.73. The van der Waals surface area contributed by atoms with E-state index in [4.69, 9.17) is 177 Å². The molecule has 24 atom stereocenters. The molecule has 16 rings (SSSR count). The molecule has 694 valence electrons. The average Bonchev–Trinajstić information content (AvgIpc) is 1.59. The molecule has 10 aromatic heterocycles. The molecule has 128 heavy (non-hydrogen) atoms. The molecule has 16 heterocycles. The van der Waals surface area contributed by atoms with E-state index in [1.165, 1.54) is 76.1 Å². The molecule has 10 aromatic rings. The van der Waals surface area contributed by atoms with Crippen molar-refractivity contribution in [1.82, 2.24) is 97.2 Å². The Kier molecular flexibility index (Phi) is 27.8. The number of ether oxygens (including phenoxy) is 6. The van der Waals surface area contributed by atoms with Crippen molar-refractivity contribution in [2.75, 3.05) is 63.1 Å². The number of anilines is 4. The summed E-state index contributed by atoms with van der Waals surface area (Å²) in [4.78, 5) is 200. The number of hydrogen-bond donors (Lipinski definition) is 8. The summed E-state index contributed by atoms with van der Waals surface area (Å²) < 4.78 is 130. The molecule has 6 aliphatic rings. The van der Waals surface area contributed by atoms with Gasteiger partial charge in [0.2, 0.25) is 11.9 Å². The van der Waals surface area contributed by atoms with Gasteiger partial charge in [-0.05, 0) is 20.3 Å². The maximum Gasteiger partial charge on any atom is 0.330 e. The van der Waals surface area contributed by atoms with E-state index < -0.39 is 218 Å². The van der Waals surface area contributed by atoms with Gasteiger partial charge in [-0.3, -0.25) is 71.1 Å². The zero-order valence-corrected chi connectivity index (χ0v) is 76.6. The second-order valence-electron chi connectivity index (χ2n) is 29.5. The molecular weight excluding hydrogens is 1940 g/mol. The normalized spacial score (nSPS) is 29.1. The fourth-order valence-electron chi connectivity index (χ4n) is 15.1. The molecule has 0 spiro atoms. The summed E-state index contributed by atoms with van der Waals surface area (Å²) in [7, 11) is 1.04. The van der Waals surface area contributed by atoms with Gasteiger partial charge in [-0.25, -0.2) is 49.5 Å². The topological polar surface area (TPSA) is 727 Å². The minimum atomic E-state index is -4.96. The molecule has 6 saturated heterocycles. The quantitative estimate of drug-likeness (QED) is 0.0153. The maximum absolute atomic E-state index is 15.0. The molecular formula is C62H74N24O30P6S6-6. The molecule has 0 aliphatic carbocycles. The summed E-state index contributed by atoms with van der Waals surface area (Å²) in [6, 6.07) is 0. The van der Waals surface area contributed by atoms with Gasteiger partial charge in [0.05, 0.1) is 101 Å². The Morgan fingerprint density at radius 3 is 1.02 bits per heavy atom. The van der Waals surface area contributed by atoms with Gasteiger partial charge >= 0.3 is 11.4 Å². The average molecular weight is 2010 g/mol. The maximum atomic E-state index is 15.0. The number of imidazole rings is 4. The van der Waals surface area contributed by atoms with E-state index in [1.54, 1.807) is 6.92 Å². The summed E-state index contributed by atoms with van der Waals surface area (Å²) in [5.74, 6) is -0.638. The lowest BCUT2D eigenvalue weighted by Gasteiger charge is -2.36. The van der Waals surface area contributed by atoms with Crippen molar-refractivity contribution in [3.8, 4) is 0 Å². The molecule has 66 heteroatoms. The van der Waals surface area contributed by atoms with E-state index in [-0.39, 0.29) is 124 Å². The molecule has 54 nitrogen and oxygen atoms in total. The number of nitrogens with zero attached hydrogens (tertiary/aromatic N) is 16. The molecule has 12 N–H and O–H groups in total. The van der Waals surface area contributed by atoms with Gasteiger partial charge < -0.3 is 142 Å². The van der Waals surface area contributed by atoms with Crippen LogP contribution in [0.25, 0.3) is 44.7 Å². The van der Waals surface area contributed by atoms with Gasteiger partial charge in [-0.1, -0.05) is 66.0 Å². The van der Waals surface area contributed by atoms with Gasteiger partial charge in [0, 0.05) is 69.2 Å². The van der Waals surface area contributed by atoms with Gasteiger partial charge in [-0.2, -0.15) is 9.97 Å². The third kappa shape index (κ3) is 20.9. The first-order chi connectivity index (χ1) is 60.5. The smallest absolute Gasteiger partial charge is 0.330 e. The number of nitrogens with one attached hydrogen (secondary N) is 4. The van der Waals surface area contributed by atoms with Crippen molar-refractivity contribution >= 4 is 180 Å². The number of rotatable bonds is 35. The van der Waals surface area contributed by atoms with Crippen LogP contribution in [0.1, 0.15) is 100 Å². The Bertz CT molecular complexity index is 6610. The molecule has 0 saturated carbocycles. The van der Waals surface area contributed by atoms with Crippen LogP contribution in [0.4, 0.5) is 23.5 Å². The van der Waals surface area contributed by atoms with Crippen molar-refractivity contribution < 1.29 is 112 Å². The summed E-state index contributed by atoms with van der Waals surface area (Å²) in [6.45, 7) is -27.6. The van der Waals surface area contributed by atoms with Crippen LogP contribution in [-0.2, 0) is 159 Å². The number of nitrogens with two attached hydrogens (primary N) is 4. The Balaban J connectivity index is 0.623. The SMILES string of the molecule is CC[C@H]1O[C@@H](n2cc(C)c(=O)[nH]c2=O)CC1OP(=O)([S-])OC[C@H]1O[C@@H](n2cnc3c(=O)[nH]c(N)nc32)CC1OP([O-])(=S)OC[C@H]1O[C@@H](n2cnc3c(=O)[nH]c(N)nc32)CC1OP([O-])(=S)OC[C@H]1O[C@@H](n2cnc3c(N)ncnc32)CC1OP([O-])(=S)OC[C@H]1O[C@@H](n2cnc3c(N)ncnc32)CC1OP([O-])(=S)OC[C@H]1O[C@@H](n2cc(C)c(=O)[nH]c2=O)CC1OP([O-])(=S)OC. The summed E-state index contributed by atoms with van der Waals surface area (Å²) in [5.41, 5.74) is 20.3. The second-order valence-corrected chi connectivity index (χ2v) is 45.8. The van der Waals surface area contributed by atoms with Crippen LogP contribution in [-0.4, -0.2) is 211 Å². The number of fused-ring (bicyclic) bond motifs is 4. The number of nitrogen functional groups attached to an aromatic ring is 4. The monoisotopic (exact) mass is 2010 g/mol. The first-order valence-electron chi connectivity index (χ1n) is 38.2. The standard InChI is InChI=1S/C62H80N24O30P6S6/c1-5-27-28(6-39(105-27)81-12-25(2)55(87)79-61(81)91)112-118(94,124)100-17-37-32(10-43(109-37)85-23-73-47-53(85)75-59(65)77-57(47)89)115-122(98,128)104-18-38-33(11-44(110-38)86-24-74-48-54(86)76-60(66)78-58(48)90)116-121(97,127)103-16-36-31(9-42(108-36)84-22-72-46-50(64)68-20-70-52(46)84)114-120(96,126)102-15-35-30(8-41(107-35)83-21-71-45-49(63)67-19-69-51(45)83)113-119(95,125)101-14-34-29(111-117(93,123)99-4)7-40(106-34)82-13-26(3)56(88)80-62(82)92/h12-13,19-24,27-44H,5-11,14-18H2,1-4H3,(H,93,123)(H,94,124)(H,95,125)(H,96,126)(H,97,127)(H,98,128)(H2,63,67,69)(H2,64,68,70)(H,79,87,91)(H,80,88,92)(H3,65,75,77,89)(H3,66,76,78,90)/p-6/t27-,28?,29?,30?,31?,32?,33?,34-,35-,36-,37-,38-,39-,40-,41-,42-,43-,44-,117?,118?,119?,120?,121?,122?/m1/s1. The first-order valence-corrected chi connectivity index (χ1v) is 53.5. The van der Waals surface area contributed by atoms with Crippen LogP contribution >= 0.6 is 40.4 Å². The van der Waals surface area contributed by atoms with Crippen LogP contribution in [0.15, 0.2) is 79.1 Å². The van der Waals surface area contributed by atoms with Gasteiger partial charge in [0.1, 0.15) is 125 Å². The van der Waals surface area contributed by atoms with E-state index in [0.717, 1.165) is 22.6 Å². The third-order valence-electron chi connectivity index (χ3n) is 21.1. The number of aromatic nitrogens is 20. The van der Waals surface area contributed by atoms with Crippen molar-refractivity contribution in [1.29, 1.82) is 0 Å². The number of aromatic amines is 4. The Morgan fingerprint density at radius 2 is 0.695 bits per heavy atom. The summed E-state index contributed by atoms with van der Waals surface area (Å²) >= 11 is 32.6. The molecule has 12 unspecified atom stereocenters. The van der Waals surface area contributed by atoms with Crippen LogP contribution in [0.5, 0.6) is 0 Å². The number of aryl methyl sites for hydroxylation is 2. The number of hydrogen-bond acceptors (Lipinski definition) is 50. The predicted molar refractivity (Wildman–Crippen MR) is 451 cm³/mol. The van der Waals surface area contributed by atoms with E-state index in [9.17, 15) is 52.9 Å². The second kappa shape index (κ2) is 37.6. The van der Waals surface area contributed by atoms with Crippen LogP contribution in [0, 0.1) is 13.8 Å². The van der Waals surface area contributed by atoms with E-state index >= 15 is 4.89 Å². The Morgan fingerprint density at radius 1 is 0.406 bits per heavy atom. The molecule has 0 aromatic carbocycles. The van der Waals surface area contributed by atoms with Crippen LogP contribution in [0.3, 0.4) is 0 Å². The highest BCUT2D eigenvalue weighted by Gasteiger charge is 2.48. The highest BCUT2D eigenvalue weighted by Crippen LogP contribution is 2.56. The van der Waals surface area contributed by atoms with Crippen molar-refractivity contribution in [3.63, 3.8) is 0 Å². The zero-order valence-electron chi connectivity index (χ0n) is 66.3. The lowest BCUT2D eigenvalue weighted by atomic mass is 10.1. The van der Waals surface area contributed by atoms with Gasteiger partial charge in [0.15, 0.2) is 52.1 Å². The van der Waals surface area contributed by atoms with E-state index in [0.29, 0.717) is 0 Å². The fourth-order valence-corrected chi connectivity index (χ4v) is 23.3. The van der Waals surface area contributed by atoms with E-state index in [1.807, 2.05) is 0 Å². The first kappa shape index (κ1) is 94.5. The largest absolute Gasteiger partial charge is 0.780 e. The van der Waals surface area contributed by atoms with Gasteiger partial charge in [-0.15, -0.1) is 0 Å². The molecule has 6 fully saturated rings. The van der Waals surface area contributed by atoms with Gasteiger partial charge in [0.25, 0.3) is 22.2 Å². The van der Waals surface area contributed by atoms with Crippen molar-refractivity contribution in [2.45, 2.75) is 176 Å². The molecule has 0 bridgehead atoms. The van der Waals surface area contributed by atoms with E-state index in [2.05, 4.69) is 69.8 Å². The summed E-state index contributed by atoms with van der Waals surface area (Å²) in [6.07, 6.45) is -14.4. The fraction of sp³-hybridized carbons (Fsp3) is 0.548. The highest BCUT2D eigenvalue weighted by molar-refractivity contribution is 8.32. The molecule has 0 radical (unpaired) electrons. The Labute approximate surface area is 747 Å².